The Morgan fingerprint density at radius 3 is 2.17 bits per heavy atom. The first-order valence-electron chi connectivity index (χ1n) is 9.52. The fourth-order valence-corrected chi connectivity index (χ4v) is 7.56. The van der Waals surface area contributed by atoms with Gasteiger partial charge in [0.25, 0.3) is 10.1 Å². The topological polar surface area (TPSA) is 71.4 Å². The summed E-state index contributed by atoms with van der Waals surface area (Å²) in [6.45, 7) is 7.71. The van der Waals surface area contributed by atoms with Gasteiger partial charge in [-0.1, -0.05) is 13.8 Å². The lowest BCUT2D eigenvalue weighted by Gasteiger charge is -2.43. The van der Waals surface area contributed by atoms with Gasteiger partial charge in [0.2, 0.25) is 0 Å². The zero-order valence-electron chi connectivity index (χ0n) is 15.1. The van der Waals surface area contributed by atoms with E-state index in [-0.39, 0.29) is 18.1 Å². The van der Waals surface area contributed by atoms with Crippen LogP contribution < -0.4 is 0 Å². The van der Waals surface area contributed by atoms with Crippen LogP contribution in [0.4, 0.5) is 0 Å². The number of rotatable bonds is 4. The molecule has 0 radical (unpaired) electrons. The predicted octanol–water partition coefficient (Wildman–Crippen LogP) is 3.42. The third-order valence-electron chi connectivity index (χ3n) is 8.56. The van der Waals surface area contributed by atoms with Crippen LogP contribution in [0.1, 0.15) is 53.4 Å². The Morgan fingerprint density at radius 2 is 1.58 bits per heavy atom. The lowest BCUT2D eigenvalue weighted by molar-refractivity contribution is -0.127. The average molecular weight is 355 g/mol. The Labute approximate surface area is 145 Å². The van der Waals surface area contributed by atoms with Gasteiger partial charge in [0.1, 0.15) is 5.78 Å². The van der Waals surface area contributed by atoms with E-state index in [1.165, 1.54) is 26.7 Å². The molecular weight excluding hydrogens is 324 g/mol. The average Bonchev–Trinajstić information content (AvgIpc) is 3.17. The summed E-state index contributed by atoms with van der Waals surface area (Å²) in [6.07, 6.45) is 3.42. The van der Waals surface area contributed by atoms with Crippen molar-refractivity contribution in [2.75, 3.05) is 0 Å². The first-order chi connectivity index (χ1) is 11.0. The highest BCUT2D eigenvalue weighted by molar-refractivity contribution is 7.87. The van der Waals surface area contributed by atoms with Crippen LogP contribution in [0.15, 0.2) is 0 Å². The van der Waals surface area contributed by atoms with Crippen molar-refractivity contribution in [3.8, 4) is 0 Å². The summed E-state index contributed by atoms with van der Waals surface area (Å²) < 4.78 is 31.1. The van der Waals surface area contributed by atoms with E-state index in [9.17, 15) is 17.8 Å². The van der Waals surface area contributed by atoms with Gasteiger partial charge in [-0.2, -0.15) is 8.42 Å². The van der Waals surface area contributed by atoms with Crippen molar-refractivity contribution in [3.63, 3.8) is 0 Å². The zero-order chi connectivity index (χ0) is 17.6. The van der Waals surface area contributed by atoms with E-state index in [2.05, 4.69) is 13.8 Å². The SMILES string of the molecule is CC1C(C)C2CC1C1C3CC(C(=O)CC(C)(C)S(=O)(=O)O)C(C3)C21. The van der Waals surface area contributed by atoms with Gasteiger partial charge in [0.05, 0.1) is 4.75 Å². The van der Waals surface area contributed by atoms with E-state index in [0.29, 0.717) is 17.8 Å². The molecule has 136 valence electrons. The molecule has 0 saturated heterocycles. The highest BCUT2D eigenvalue weighted by atomic mass is 32.2. The molecule has 1 N–H and O–H groups in total. The molecule has 0 aromatic carbocycles. The minimum atomic E-state index is -4.20. The third kappa shape index (κ3) is 2.13. The van der Waals surface area contributed by atoms with Crippen molar-refractivity contribution in [2.45, 2.75) is 58.1 Å². The Kier molecular flexibility index (Phi) is 3.59. The van der Waals surface area contributed by atoms with E-state index < -0.39 is 14.9 Å². The summed E-state index contributed by atoms with van der Waals surface area (Å²) in [5.41, 5.74) is 0. The van der Waals surface area contributed by atoms with Gasteiger partial charge in [-0.25, -0.2) is 0 Å². The fraction of sp³-hybridized carbons (Fsp3) is 0.947. The number of Topliss-reactive ketones (excluding diaryl/α,β-unsaturated/α-hetero) is 1. The number of hydrogen-bond acceptors (Lipinski definition) is 3. The Hall–Kier alpha value is -0.420. The summed E-state index contributed by atoms with van der Waals surface area (Å²) in [6, 6.07) is 0. The smallest absolute Gasteiger partial charge is 0.270 e. The summed E-state index contributed by atoms with van der Waals surface area (Å²) in [5.74, 6) is 5.97. The lowest BCUT2D eigenvalue weighted by Crippen LogP contribution is -2.42. The maximum atomic E-state index is 12.9. The largest absolute Gasteiger partial charge is 0.299 e. The van der Waals surface area contributed by atoms with Crippen molar-refractivity contribution in [3.05, 3.63) is 0 Å². The summed E-state index contributed by atoms with van der Waals surface area (Å²) in [5, 5.41) is 0. The molecule has 0 amide bonds. The maximum Gasteiger partial charge on any atom is 0.270 e. The zero-order valence-corrected chi connectivity index (χ0v) is 15.9. The molecule has 5 heteroatoms. The van der Waals surface area contributed by atoms with Crippen molar-refractivity contribution in [2.24, 2.45) is 53.3 Å². The minimum Gasteiger partial charge on any atom is -0.299 e. The van der Waals surface area contributed by atoms with Crippen LogP contribution >= 0.6 is 0 Å². The third-order valence-corrected chi connectivity index (χ3v) is 10.1. The first kappa shape index (κ1) is 17.0. The van der Waals surface area contributed by atoms with Gasteiger partial charge in [-0.15, -0.1) is 0 Å². The predicted molar refractivity (Wildman–Crippen MR) is 91.9 cm³/mol. The molecule has 4 aliphatic rings. The molecule has 0 spiro atoms. The Balaban J connectivity index is 1.52. The Bertz CT molecular complexity index is 667. The van der Waals surface area contributed by atoms with Crippen LogP contribution in [0.25, 0.3) is 0 Å². The molecule has 9 unspecified atom stereocenters. The summed E-state index contributed by atoms with van der Waals surface area (Å²) in [4.78, 5) is 12.9. The van der Waals surface area contributed by atoms with Gasteiger partial charge in [0, 0.05) is 12.3 Å². The highest BCUT2D eigenvalue weighted by Crippen LogP contribution is 2.71. The van der Waals surface area contributed by atoms with Crippen molar-refractivity contribution < 1.29 is 17.8 Å². The van der Waals surface area contributed by atoms with Crippen molar-refractivity contribution in [1.29, 1.82) is 0 Å². The molecule has 0 aromatic rings. The molecular formula is C19H30O4S. The van der Waals surface area contributed by atoms with Crippen LogP contribution in [0.3, 0.4) is 0 Å². The van der Waals surface area contributed by atoms with E-state index in [1.807, 2.05) is 0 Å². The number of ketones is 1. The van der Waals surface area contributed by atoms with Crippen LogP contribution in [0.2, 0.25) is 0 Å². The lowest BCUT2D eigenvalue weighted by atomic mass is 9.61. The number of fused-ring (bicyclic) bond motifs is 9. The molecule has 9 atom stereocenters. The second kappa shape index (κ2) is 5.06. The number of hydrogen-bond donors (Lipinski definition) is 1. The van der Waals surface area contributed by atoms with Crippen LogP contribution in [-0.4, -0.2) is 23.5 Å². The van der Waals surface area contributed by atoms with E-state index >= 15 is 0 Å². The molecule has 4 rings (SSSR count). The molecule has 4 aliphatic carbocycles. The van der Waals surface area contributed by atoms with E-state index in [4.69, 9.17) is 0 Å². The van der Waals surface area contributed by atoms with Crippen LogP contribution in [0.5, 0.6) is 0 Å². The molecule has 0 heterocycles. The minimum absolute atomic E-state index is 0.0270. The second-order valence-electron chi connectivity index (χ2n) is 9.82. The molecule has 4 nitrogen and oxygen atoms in total. The van der Waals surface area contributed by atoms with Crippen molar-refractivity contribution in [1.82, 2.24) is 0 Å². The molecule has 4 fully saturated rings. The molecule has 0 aliphatic heterocycles. The summed E-state index contributed by atoms with van der Waals surface area (Å²) >= 11 is 0. The monoisotopic (exact) mass is 354 g/mol. The Morgan fingerprint density at radius 1 is 1.00 bits per heavy atom. The van der Waals surface area contributed by atoms with Gasteiger partial charge in [0.15, 0.2) is 0 Å². The van der Waals surface area contributed by atoms with Gasteiger partial charge in [-0.3, -0.25) is 9.35 Å². The molecule has 4 bridgehead atoms. The first-order valence-corrected chi connectivity index (χ1v) is 11.0. The second-order valence-corrected chi connectivity index (χ2v) is 11.9. The highest BCUT2D eigenvalue weighted by Gasteiger charge is 2.66. The fourth-order valence-electron chi connectivity index (χ4n) is 7.24. The van der Waals surface area contributed by atoms with Crippen LogP contribution in [-0.2, 0) is 14.9 Å². The summed E-state index contributed by atoms with van der Waals surface area (Å²) in [7, 11) is -4.20. The molecule has 24 heavy (non-hydrogen) atoms. The van der Waals surface area contributed by atoms with Crippen molar-refractivity contribution >= 4 is 15.9 Å². The van der Waals surface area contributed by atoms with E-state index in [1.54, 1.807) is 0 Å². The van der Waals surface area contributed by atoms with E-state index in [0.717, 1.165) is 36.0 Å². The molecule has 4 saturated carbocycles. The maximum absolute atomic E-state index is 12.9. The normalized spacial score (nSPS) is 49.6. The van der Waals surface area contributed by atoms with Gasteiger partial charge in [-0.05, 0) is 80.5 Å². The quantitative estimate of drug-likeness (QED) is 0.620. The van der Waals surface area contributed by atoms with Gasteiger partial charge < -0.3 is 0 Å². The standard InChI is InChI=1S/C19H30O4S/c1-9-10(2)13-7-12(9)17-11-5-14(15(6-11)18(13)17)16(20)8-19(3,4)24(21,22)23/h9-15,17-18H,5-8H2,1-4H3,(H,21,22,23). The van der Waals surface area contributed by atoms with Gasteiger partial charge >= 0.3 is 0 Å². The molecule has 0 aromatic heterocycles. The van der Waals surface area contributed by atoms with Crippen LogP contribution in [0, 0.1) is 53.3 Å². The number of carbonyl (C=O) groups excluding carboxylic acids is 1. The number of carbonyl (C=O) groups is 1.